The second-order valence-electron chi connectivity index (χ2n) is 9.20. The topological polar surface area (TPSA) is 112 Å². The number of halogens is 1. The molecule has 9 nitrogen and oxygen atoms in total. The standard InChI is InChI=1S/C27H32ClN3O6/c1-4-37-27(35)22-16(2)20(17(3)29-22)24(32)21-23(18-7-5-8-19(28)15-18)31(26(34)25(21)33)10-6-9-30-11-13-36-14-12-30/h5,7-8,15,23,29,32H,4,6,9-14H2,1-3H3/t23-/m0/s1. The first-order valence-electron chi connectivity index (χ1n) is 12.4. The first-order valence-corrected chi connectivity index (χ1v) is 12.8. The Bertz CT molecular complexity index is 1230. The molecule has 2 aromatic rings. The van der Waals surface area contributed by atoms with E-state index in [1.54, 1.807) is 45.0 Å². The molecule has 3 heterocycles. The summed E-state index contributed by atoms with van der Waals surface area (Å²) in [6, 6.07) is 6.12. The zero-order chi connectivity index (χ0) is 26.7. The molecule has 2 aliphatic heterocycles. The van der Waals surface area contributed by atoms with Gasteiger partial charge in [-0.1, -0.05) is 23.7 Å². The van der Waals surface area contributed by atoms with Gasteiger partial charge in [0.2, 0.25) is 0 Å². The summed E-state index contributed by atoms with van der Waals surface area (Å²) in [6.45, 7) is 9.35. The Morgan fingerprint density at radius 2 is 1.95 bits per heavy atom. The maximum atomic E-state index is 13.4. The van der Waals surface area contributed by atoms with Crippen LogP contribution >= 0.6 is 11.6 Å². The number of aliphatic hydroxyl groups is 1. The number of aromatic nitrogens is 1. The van der Waals surface area contributed by atoms with Gasteiger partial charge in [-0.15, -0.1) is 0 Å². The molecule has 4 rings (SSSR count). The van der Waals surface area contributed by atoms with Crippen molar-refractivity contribution in [3.63, 3.8) is 0 Å². The highest BCUT2D eigenvalue weighted by molar-refractivity contribution is 6.46. The second kappa shape index (κ2) is 11.5. The third-order valence-corrected chi connectivity index (χ3v) is 7.07. The Morgan fingerprint density at radius 1 is 1.22 bits per heavy atom. The van der Waals surface area contributed by atoms with Gasteiger partial charge < -0.3 is 24.5 Å². The van der Waals surface area contributed by atoms with E-state index < -0.39 is 23.7 Å². The van der Waals surface area contributed by atoms with Gasteiger partial charge in [0.15, 0.2) is 0 Å². The number of ketones is 1. The highest BCUT2D eigenvalue weighted by atomic mass is 35.5. The van der Waals surface area contributed by atoms with Gasteiger partial charge in [0.05, 0.1) is 31.4 Å². The Labute approximate surface area is 221 Å². The summed E-state index contributed by atoms with van der Waals surface area (Å²) in [5, 5.41) is 11.9. The first-order chi connectivity index (χ1) is 17.7. The van der Waals surface area contributed by atoms with Gasteiger partial charge in [0, 0.05) is 42.5 Å². The van der Waals surface area contributed by atoms with Crippen molar-refractivity contribution in [2.75, 3.05) is 46.0 Å². The number of likely N-dealkylation sites (tertiary alicyclic amines) is 1. The second-order valence-corrected chi connectivity index (χ2v) is 9.64. The van der Waals surface area contributed by atoms with E-state index in [0.29, 0.717) is 53.6 Å². The average Bonchev–Trinajstić information content (AvgIpc) is 3.32. The zero-order valence-electron chi connectivity index (χ0n) is 21.3. The molecule has 10 heteroatoms. The van der Waals surface area contributed by atoms with Gasteiger partial charge in [0.1, 0.15) is 11.5 Å². The summed E-state index contributed by atoms with van der Waals surface area (Å²) in [5.41, 5.74) is 2.02. The predicted octanol–water partition coefficient (Wildman–Crippen LogP) is 3.61. The number of nitrogens with one attached hydrogen (secondary N) is 1. The number of aryl methyl sites for hydroxylation is 1. The fourth-order valence-electron chi connectivity index (χ4n) is 5.07. The monoisotopic (exact) mass is 529 g/mol. The first kappa shape index (κ1) is 26.9. The van der Waals surface area contributed by atoms with Crippen LogP contribution in [0.2, 0.25) is 5.02 Å². The van der Waals surface area contributed by atoms with E-state index in [9.17, 15) is 19.5 Å². The van der Waals surface area contributed by atoms with Crippen LogP contribution in [0.4, 0.5) is 0 Å². The molecule has 0 saturated carbocycles. The van der Waals surface area contributed by atoms with Crippen molar-refractivity contribution in [1.29, 1.82) is 0 Å². The van der Waals surface area contributed by atoms with Gasteiger partial charge in [-0.05, 0) is 50.5 Å². The number of esters is 1. The molecule has 2 saturated heterocycles. The van der Waals surface area contributed by atoms with E-state index in [4.69, 9.17) is 21.1 Å². The fraction of sp³-hybridized carbons (Fsp3) is 0.444. The number of rotatable bonds is 8. The number of hydrogen-bond acceptors (Lipinski definition) is 7. The largest absolute Gasteiger partial charge is 0.507 e. The minimum absolute atomic E-state index is 0.0285. The molecular formula is C27H32ClN3O6. The number of ether oxygens (including phenoxy) is 2. The molecule has 0 spiro atoms. The van der Waals surface area contributed by atoms with Crippen molar-refractivity contribution >= 4 is 35.0 Å². The molecule has 1 aromatic heterocycles. The summed E-state index contributed by atoms with van der Waals surface area (Å²) >= 11 is 6.27. The summed E-state index contributed by atoms with van der Waals surface area (Å²) in [6.07, 6.45) is 0.652. The number of aromatic amines is 1. The summed E-state index contributed by atoms with van der Waals surface area (Å²) < 4.78 is 10.5. The number of carbonyl (C=O) groups is 3. The Balaban J connectivity index is 1.74. The normalized spacial score (nSPS) is 20.0. The Morgan fingerprint density at radius 3 is 2.62 bits per heavy atom. The van der Waals surface area contributed by atoms with Crippen molar-refractivity contribution in [2.24, 2.45) is 0 Å². The van der Waals surface area contributed by atoms with Crippen molar-refractivity contribution in [3.05, 3.63) is 62.9 Å². The quantitative estimate of drug-likeness (QED) is 0.232. The van der Waals surface area contributed by atoms with Gasteiger partial charge in [-0.2, -0.15) is 0 Å². The molecule has 2 N–H and O–H groups in total. The van der Waals surface area contributed by atoms with E-state index in [0.717, 1.165) is 19.6 Å². The molecule has 1 atom stereocenters. The average molecular weight is 530 g/mol. The lowest BCUT2D eigenvalue weighted by molar-refractivity contribution is -0.140. The van der Waals surface area contributed by atoms with Gasteiger partial charge in [0.25, 0.3) is 11.7 Å². The molecule has 0 aliphatic carbocycles. The molecule has 2 fully saturated rings. The maximum absolute atomic E-state index is 13.4. The molecule has 198 valence electrons. The Hall–Kier alpha value is -3.14. The summed E-state index contributed by atoms with van der Waals surface area (Å²) in [4.78, 5) is 45.7. The fourth-order valence-corrected chi connectivity index (χ4v) is 5.27. The maximum Gasteiger partial charge on any atom is 0.355 e. The van der Waals surface area contributed by atoms with Crippen LogP contribution in [0.25, 0.3) is 5.76 Å². The number of hydrogen-bond donors (Lipinski definition) is 2. The smallest absolute Gasteiger partial charge is 0.355 e. The lowest BCUT2D eigenvalue weighted by atomic mass is 9.94. The van der Waals surface area contributed by atoms with Crippen LogP contribution in [0.1, 0.15) is 52.3 Å². The van der Waals surface area contributed by atoms with Crippen molar-refractivity contribution in [3.8, 4) is 0 Å². The molecule has 0 radical (unpaired) electrons. The van der Waals surface area contributed by atoms with E-state index in [2.05, 4.69) is 9.88 Å². The molecule has 2 aliphatic rings. The third kappa shape index (κ3) is 5.44. The highest BCUT2D eigenvalue weighted by Crippen LogP contribution is 2.41. The SMILES string of the molecule is CCOC(=O)c1[nH]c(C)c(C(O)=C2C(=O)C(=O)N(CCCN3CCOCC3)[C@H]2c2cccc(Cl)c2)c1C. The number of amides is 1. The minimum atomic E-state index is -0.817. The van der Waals surface area contributed by atoms with Crippen LogP contribution < -0.4 is 0 Å². The molecular weight excluding hydrogens is 498 g/mol. The lowest BCUT2D eigenvalue weighted by Crippen LogP contribution is -2.38. The molecule has 1 aromatic carbocycles. The van der Waals surface area contributed by atoms with Crippen molar-refractivity contribution < 1.29 is 29.0 Å². The molecule has 0 bridgehead atoms. The van der Waals surface area contributed by atoms with Crippen LogP contribution in [0, 0.1) is 13.8 Å². The highest BCUT2D eigenvalue weighted by Gasteiger charge is 2.46. The van der Waals surface area contributed by atoms with Gasteiger partial charge in [-0.25, -0.2) is 4.79 Å². The van der Waals surface area contributed by atoms with E-state index >= 15 is 0 Å². The van der Waals surface area contributed by atoms with Crippen LogP contribution in [-0.4, -0.2) is 83.5 Å². The van der Waals surface area contributed by atoms with Crippen LogP contribution in [-0.2, 0) is 19.1 Å². The molecule has 0 unspecified atom stereocenters. The van der Waals surface area contributed by atoms with Gasteiger partial charge >= 0.3 is 5.97 Å². The van der Waals surface area contributed by atoms with Crippen LogP contribution in [0.3, 0.4) is 0 Å². The van der Waals surface area contributed by atoms with Crippen LogP contribution in [0.15, 0.2) is 29.8 Å². The number of Topliss-reactive ketones (excluding diaryl/α,β-unsaturated/α-hetero) is 1. The predicted molar refractivity (Wildman–Crippen MR) is 139 cm³/mol. The number of benzene rings is 1. The van der Waals surface area contributed by atoms with E-state index in [-0.39, 0.29) is 23.6 Å². The summed E-state index contributed by atoms with van der Waals surface area (Å²) in [7, 11) is 0. The van der Waals surface area contributed by atoms with Crippen molar-refractivity contribution in [2.45, 2.75) is 33.2 Å². The van der Waals surface area contributed by atoms with E-state index in [1.807, 2.05) is 0 Å². The summed E-state index contributed by atoms with van der Waals surface area (Å²) in [5.74, 6) is -2.34. The van der Waals surface area contributed by atoms with Crippen molar-refractivity contribution in [1.82, 2.24) is 14.8 Å². The molecule has 1 amide bonds. The number of carbonyl (C=O) groups excluding carboxylic acids is 3. The number of nitrogens with zero attached hydrogens (tertiary/aromatic N) is 2. The number of H-pyrrole nitrogens is 1. The zero-order valence-corrected chi connectivity index (χ0v) is 22.1. The minimum Gasteiger partial charge on any atom is -0.507 e. The molecule has 37 heavy (non-hydrogen) atoms. The van der Waals surface area contributed by atoms with Gasteiger partial charge in [-0.3, -0.25) is 14.5 Å². The van der Waals surface area contributed by atoms with Crippen LogP contribution in [0.5, 0.6) is 0 Å². The lowest BCUT2D eigenvalue weighted by Gasteiger charge is -2.29. The third-order valence-electron chi connectivity index (χ3n) is 6.84. The number of morpholine rings is 1. The van der Waals surface area contributed by atoms with E-state index in [1.165, 1.54) is 4.90 Å². The Kier molecular flexibility index (Phi) is 8.36. The number of aliphatic hydroxyl groups excluding tert-OH is 1.